The zero-order valence-electron chi connectivity index (χ0n) is 7.18. The number of hydrogen-bond donors (Lipinski definition) is 2. The maximum Gasteiger partial charge on any atom is 0.243 e. The summed E-state index contributed by atoms with van der Waals surface area (Å²) >= 11 is 0. The van der Waals surface area contributed by atoms with Gasteiger partial charge in [-0.2, -0.15) is 0 Å². The molecular formula is C8H16N2O. The molecule has 0 aromatic rings. The van der Waals surface area contributed by atoms with E-state index >= 15 is 0 Å². The number of nitrogens with one attached hydrogen (secondary N) is 2. The van der Waals surface area contributed by atoms with Crippen LogP contribution in [0.4, 0.5) is 0 Å². The van der Waals surface area contributed by atoms with Gasteiger partial charge < -0.3 is 10.6 Å². The first-order valence-corrected chi connectivity index (χ1v) is 3.84. The number of carbonyl (C=O) groups excluding carboxylic acids is 1. The van der Waals surface area contributed by atoms with Crippen LogP contribution in [0, 0.1) is 0 Å². The monoisotopic (exact) mass is 156 g/mol. The number of amides is 1. The van der Waals surface area contributed by atoms with Crippen LogP contribution in [0.25, 0.3) is 0 Å². The van der Waals surface area contributed by atoms with Gasteiger partial charge in [-0.25, -0.2) is 0 Å². The molecule has 0 bridgehead atoms. The van der Waals surface area contributed by atoms with Crippen molar-refractivity contribution in [3.05, 3.63) is 12.7 Å². The summed E-state index contributed by atoms with van der Waals surface area (Å²) < 4.78 is 0. The fourth-order valence-electron chi connectivity index (χ4n) is 0.746. The minimum atomic E-state index is -0.116. The van der Waals surface area contributed by atoms with Gasteiger partial charge in [0.25, 0.3) is 0 Å². The molecule has 0 heterocycles. The second-order valence-corrected chi connectivity index (χ2v) is 2.41. The fourth-order valence-corrected chi connectivity index (χ4v) is 0.746. The fraction of sp³-hybridized carbons (Fsp3) is 0.625. The van der Waals surface area contributed by atoms with Gasteiger partial charge >= 0.3 is 0 Å². The molecule has 0 aromatic carbocycles. The Hall–Kier alpha value is -0.830. The van der Waals surface area contributed by atoms with Crippen LogP contribution in [0.1, 0.15) is 13.8 Å². The third kappa shape index (κ3) is 5.61. The third-order valence-corrected chi connectivity index (χ3v) is 1.32. The molecule has 0 saturated heterocycles. The van der Waals surface area contributed by atoms with Gasteiger partial charge in [0.15, 0.2) is 0 Å². The zero-order valence-corrected chi connectivity index (χ0v) is 7.18. The van der Waals surface area contributed by atoms with Crippen LogP contribution in [0.5, 0.6) is 0 Å². The first kappa shape index (κ1) is 10.2. The SMILES string of the molecule is C=CC(=O)NCC(C)NCC. The Morgan fingerprint density at radius 3 is 2.82 bits per heavy atom. The molecule has 0 saturated carbocycles. The van der Waals surface area contributed by atoms with Crippen molar-refractivity contribution >= 4 is 5.91 Å². The summed E-state index contributed by atoms with van der Waals surface area (Å²) in [5.74, 6) is -0.116. The van der Waals surface area contributed by atoms with Crippen molar-refractivity contribution in [2.45, 2.75) is 19.9 Å². The van der Waals surface area contributed by atoms with E-state index < -0.39 is 0 Å². The lowest BCUT2D eigenvalue weighted by Crippen LogP contribution is -2.38. The number of rotatable bonds is 5. The minimum Gasteiger partial charge on any atom is -0.351 e. The summed E-state index contributed by atoms with van der Waals surface area (Å²) in [4.78, 5) is 10.7. The summed E-state index contributed by atoms with van der Waals surface area (Å²) in [5.41, 5.74) is 0. The van der Waals surface area contributed by atoms with Crippen molar-refractivity contribution in [2.24, 2.45) is 0 Å². The van der Waals surface area contributed by atoms with E-state index in [1.165, 1.54) is 6.08 Å². The zero-order chi connectivity index (χ0) is 8.69. The summed E-state index contributed by atoms with van der Waals surface area (Å²) in [7, 11) is 0. The Morgan fingerprint density at radius 1 is 1.73 bits per heavy atom. The predicted molar refractivity (Wildman–Crippen MR) is 46.3 cm³/mol. The van der Waals surface area contributed by atoms with Crippen LogP contribution >= 0.6 is 0 Å². The van der Waals surface area contributed by atoms with Crippen molar-refractivity contribution in [1.82, 2.24) is 10.6 Å². The Morgan fingerprint density at radius 2 is 2.36 bits per heavy atom. The Kier molecular flexibility index (Phi) is 5.47. The average molecular weight is 156 g/mol. The summed E-state index contributed by atoms with van der Waals surface area (Å²) in [6, 6.07) is 0.323. The highest BCUT2D eigenvalue weighted by Gasteiger charge is 1.99. The lowest BCUT2D eigenvalue weighted by Gasteiger charge is -2.11. The van der Waals surface area contributed by atoms with E-state index in [4.69, 9.17) is 0 Å². The third-order valence-electron chi connectivity index (χ3n) is 1.32. The van der Waals surface area contributed by atoms with Crippen LogP contribution in [-0.4, -0.2) is 25.0 Å². The molecule has 1 atom stereocenters. The molecular weight excluding hydrogens is 140 g/mol. The second-order valence-electron chi connectivity index (χ2n) is 2.41. The average Bonchev–Trinajstić information content (AvgIpc) is 2.01. The molecule has 1 unspecified atom stereocenters. The highest BCUT2D eigenvalue weighted by Crippen LogP contribution is 1.77. The molecule has 2 N–H and O–H groups in total. The van der Waals surface area contributed by atoms with Gasteiger partial charge in [-0.05, 0) is 19.5 Å². The van der Waals surface area contributed by atoms with Gasteiger partial charge in [-0.15, -0.1) is 0 Å². The molecule has 0 rings (SSSR count). The van der Waals surface area contributed by atoms with Gasteiger partial charge in [0, 0.05) is 12.6 Å². The number of carbonyl (C=O) groups is 1. The van der Waals surface area contributed by atoms with E-state index in [0.29, 0.717) is 12.6 Å². The normalized spacial score (nSPS) is 12.2. The molecule has 11 heavy (non-hydrogen) atoms. The first-order valence-electron chi connectivity index (χ1n) is 3.84. The van der Waals surface area contributed by atoms with Gasteiger partial charge in [-0.3, -0.25) is 4.79 Å². The number of hydrogen-bond acceptors (Lipinski definition) is 2. The van der Waals surface area contributed by atoms with Crippen molar-refractivity contribution in [3.8, 4) is 0 Å². The summed E-state index contributed by atoms with van der Waals surface area (Å²) in [6.45, 7) is 8.98. The van der Waals surface area contributed by atoms with Crippen LogP contribution < -0.4 is 10.6 Å². The molecule has 0 aliphatic rings. The standard InChI is InChI=1S/C8H16N2O/c1-4-8(11)10-6-7(3)9-5-2/h4,7,9H,1,5-6H2,2-3H3,(H,10,11). The van der Waals surface area contributed by atoms with Crippen LogP contribution in [-0.2, 0) is 4.79 Å². The minimum absolute atomic E-state index is 0.116. The molecule has 3 heteroatoms. The van der Waals surface area contributed by atoms with Gasteiger partial charge in [0.05, 0.1) is 0 Å². The van der Waals surface area contributed by atoms with Crippen molar-refractivity contribution in [2.75, 3.05) is 13.1 Å². The Labute approximate surface area is 67.9 Å². The predicted octanol–water partition coefficient (Wildman–Crippen LogP) is 0.287. The molecule has 3 nitrogen and oxygen atoms in total. The van der Waals surface area contributed by atoms with Crippen LogP contribution in [0.2, 0.25) is 0 Å². The van der Waals surface area contributed by atoms with Crippen molar-refractivity contribution < 1.29 is 4.79 Å². The second kappa shape index (κ2) is 5.92. The molecule has 64 valence electrons. The quantitative estimate of drug-likeness (QED) is 0.562. The first-order chi connectivity index (χ1) is 5.20. The van der Waals surface area contributed by atoms with Gasteiger partial charge in [0.1, 0.15) is 0 Å². The molecule has 0 radical (unpaired) electrons. The molecule has 0 aliphatic heterocycles. The van der Waals surface area contributed by atoms with E-state index in [1.54, 1.807) is 0 Å². The Bertz CT molecular complexity index is 134. The highest BCUT2D eigenvalue weighted by molar-refractivity contribution is 5.86. The van der Waals surface area contributed by atoms with E-state index in [1.807, 2.05) is 13.8 Å². The van der Waals surface area contributed by atoms with E-state index in [9.17, 15) is 4.79 Å². The Balaban J connectivity index is 3.37. The van der Waals surface area contributed by atoms with Crippen molar-refractivity contribution in [1.29, 1.82) is 0 Å². The smallest absolute Gasteiger partial charge is 0.243 e. The van der Waals surface area contributed by atoms with Gasteiger partial charge in [0.2, 0.25) is 5.91 Å². The largest absolute Gasteiger partial charge is 0.351 e. The van der Waals surface area contributed by atoms with Crippen LogP contribution in [0.15, 0.2) is 12.7 Å². The maximum absolute atomic E-state index is 10.7. The summed E-state index contributed by atoms with van der Waals surface area (Å²) in [6.07, 6.45) is 1.28. The van der Waals surface area contributed by atoms with Crippen molar-refractivity contribution in [3.63, 3.8) is 0 Å². The van der Waals surface area contributed by atoms with E-state index in [0.717, 1.165) is 6.54 Å². The maximum atomic E-state index is 10.7. The lowest BCUT2D eigenvalue weighted by atomic mass is 10.3. The molecule has 0 aliphatic carbocycles. The number of likely N-dealkylation sites (N-methyl/N-ethyl adjacent to an activating group) is 1. The van der Waals surface area contributed by atoms with E-state index in [2.05, 4.69) is 17.2 Å². The lowest BCUT2D eigenvalue weighted by molar-refractivity contribution is -0.116. The van der Waals surface area contributed by atoms with Crippen LogP contribution in [0.3, 0.4) is 0 Å². The molecule has 0 fully saturated rings. The topological polar surface area (TPSA) is 41.1 Å². The molecule has 1 amide bonds. The highest BCUT2D eigenvalue weighted by atomic mass is 16.1. The molecule has 0 aromatic heterocycles. The van der Waals surface area contributed by atoms with Gasteiger partial charge in [-0.1, -0.05) is 13.5 Å². The van der Waals surface area contributed by atoms with E-state index in [-0.39, 0.29) is 5.91 Å². The summed E-state index contributed by atoms with van der Waals surface area (Å²) in [5, 5.41) is 5.87. The molecule has 0 spiro atoms.